The maximum absolute atomic E-state index is 12.7. The highest BCUT2D eigenvalue weighted by Gasteiger charge is 2.40. The second-order valence-corrected chi connectivity index (χ2v) is 5.08. The van der Waals surface area contributed by atoms with Crippen LogP contribution >= 0.6 is 11.3 Å². The predicted octanol–water partition coefficient (Wildman–Crippen LogP) is 3.49. The molecule has 2 aromatic rings. The molecule has 2 rings (SSSR count). The molecule has 0 saturated carbocycles. The maximum atomic E-state index is 12.7. The van der Waals surface area contributed by atoms with Crippen LogP contribution in [-0.2, 0) is 11.2 Å². The van der Waals surface area contributed by atoms with E-state index in [-0.39, 0.29) is 6.42 Å². The Hall–Kier alpha value is -1.63. The van der Waals surface area contributed by atoms with E-state index in [2.05, 4.69) is 4.98 Å². The molecule has 1 aromatic heterocycles. The van der Waals surface area contributed by atoms with Gasteiger partial charge in [-0.05, 0) is 24.1 Å². The SMILES string of the molecule is O=C(O)CC(Cc1ccc2ncsc2c1)C(F)(F)F. The zero-order valence-corrected chi connectivity index (χ0v) is 10.5. The minimum atomic E-state index is -4.51. The van der Waals surface area contributed by atoms with E-state index in [1.54, 1.807) is 23.7 Å². The van der Waals surface area contributed by atoms with Crippen molar-refractivity contribution >= 4 is 27.5 Å². The number of benzene rings is 1. The van der Waals surface area contributed by atoms with E-state index in [9.17, 15) is 18.0 Å². The largest absolute Gasteiger partial charge is 0.481 e. The molecule has 0 aliphatic rings. The summed E-state index contributed by atoms with van der Waals surface area (Å²) in [7, 11) is 0. The van der Waals surface area contributed by atoms with Gasteiger partial charge in [0.1, 0.15) is 0 Å². The van der Waals surface area contributed by atoms with E-state index >= 15 is 0 Å². The van der Waals surface area contributed by atoms with Crippen LogP contribution in [0.1, 0.15) is 12.0 Å². The number of aliphatic carboxylic acids is 1. The maximum Gasteiger partial charge on any atom is 0.392 e. The van der Waals surface area contributed by atoms with Crippen LogP contribution in [0.2, 0.25) is 0 Å². The quantitative estimate of drug-likeness (QED) is 0.937. The van der Waals surface area contributed by atoms with Crippen molar-refractivity contribution < 1.29 is 23.1 Å². The van der Waals surface area contributed by atoms with E-state index in [0.717, 1.165) is 10.2 Å². The highest BCUT2D eigenvalue weighted by molar-refractivity contribution is 7.16. The number of thiazole rings is 1. The summed E-state index contributed by atoms with van der Waals surface area (Å²) >= 11 is 1.34. The third kappa shape index (κ3) is 3.44. The van der Waals surface area contributed by atoms with Gasteiger partial charge < -0.3 is 5.11 Å². The van der Waals surface area contributed by atoms with Crippen LogP contribution in [0.4, 0.5) is 13.2 Å². The first-order valence-electron chi connectivity index (χ1n) is 5.47. The molecule has 19 heavy (non-hydrogen) atoms. The molecule has 0 amide bonds. The van der Waals surface area contributed by atoms with E-state index in [1.807, 2.05) is 0 Å². The van der Waals surface area contributed by atoms with Crippen molar-refractivity contribution in [1.82, 2.24) is 4.98 Å². The normalized spacial score (nSPS) is 13.6. The van der Waals surface area contributed by atoms with Gasteiger partial charge in [0, 0.05) is 0 Å². The van der Waals surface area contributed by atoms with Gasteiger partial charge in [-0.1, -0.05) is 6.07 Å². The van der Waals surface area contributed by atoms with E-state index in [4.69, 9.17) is 5.11 Å². The van der Waals surface area contributed by atoms with Crippen LogP contribution in [0.15, 0.2) is 23.7 Å². The van der Waals surface area contributed by atoms with Crippen LogP contribution < -0.4 is 0 Å². The van der Waals surface area contributed by atoms with Crippen molar-refractivity contribution in [2.75, 3.05) is 0 Å². The Morgan fingerprint density at radius 1 is 1.42 bits per heavy atom. The summed E-state index contributed by atoms with van der Waals surface area (Å²) in [5, 5.41) is 8.56. The summed E-state index contributed by atoms with van der Waals surface area (Å²) in [6, 6.07) is 4.84. The van der Waals surface area contributed by atoms with Gasteiger partial charge in [-0.25, -0.2) is 4.98 Å². The Morgan fingerprint density at radius 2 is 2.16 bits per heavy atom. The van der Waals surface area contributed by atoms with Crippen LogP contribution in [-0.4, -0.2) is 22.2 Å². The van der Waals surface area contributed by atoms with E-state index < -0.39 is 24.5 Å². The molecule has 0 saturated heterocycles. The molecule has 3 nitrogen and oxygen atoms in total. The topological polar surface area (TPSA) is 50.2 Å². The summed E-state index contributed by atoms with van der Waals surface area (Å²) in [4.78, 5) is 14.5. The number of halogens is 3. The molecule has 1 N–H and O–H groups in total. The number of fused-ring (bicyclic) bond motifs is 1. The molecule has 102 valence electrons. The molecule has 1 aromatic carbocycles. The fourth-order valence-electron chi connectivity index (χ4n) is 1.83. The first kappa shape index (κ1) is 13.8. The van der Waals surface area contributed by atoms with Gasteiger partial charge in [-0.2, -0.15) is 13.2 Å². The lowest BCUT2D eigenvalue weighted by atomic mass is 9.95. The molecular weight excluding hydrogens is 279 g/mol. The molecule has 0 radical (unpaired) electrons. The molecule has 7 heteroatoms. The number of aromatic nitrogens is 1. The molecule has 0 aliphatic carbocycles. The van der Waals surface area contributed by atoms with Gasteiger partial charge in [0.15, 0.2) is 0 Å². The van der Waals surface area contributed by atoms with Crippen LogP contribution in [0.25, 0.3) is 10.2 Å². The molecule has 0 bridgehead atoms. The third-order valence-electron chi connectivity index (χ3n) is 2.76. The molecular formula is C12H10F3NO2S. The van der Waals surface area contributed by atoms with Crippen molar-refractivity contribution in [3.8, 4) is 0 Å². The summed E-state index contributed by atoms with van der Waals surface area (Å²) < 4.78 is 39.0. The zero-order valence-electron chi connectivity index (χ0n) is 9.65. The Labute approximate surface area is 110 Å². The number of hydrogen-bond acceptors (Lipinski definition) is 3. The van der Waals surface area contributed by atoms with Gasteiger partial charge in [0.25, 0.3) is 0 Å². The Morgan fingerprint density at radius 3 is 2.79 bits per heavy atom. The average molecular weight is 289 g/mol. The summed E-state index contributed by atoms with van der Waals surface area (Å²) in [5.41, 5.74) is 2.82. The third-order valence-corrected chi connectivity index (χ3v) is 3.55. The monoisotopic (exact) mass is 289 g/mol. The first-order chi connectivity index (χ1) is 8.86. The van der Waals surface area contributed by atoms with Gasteiger partial charge in [0.05, 0.1) is 28.1 Å². The number of nitrogens with zero attached hydrogens (tertiary/aromatic N) is 1. The standard InChI is InChI=1S/C12H10F3NO2S/c13-12(14,15)8(5-11(17)18)3-7-1-2-9-10(4-7)19-6-16-9/h1-2,4,6,8H,3,5H2,(H,17,18). The van der Waals surface area contributed by atoms with E-state index in [1.165, 1.54) is 11.3 Å². The van der Waals surface area contributed by atoms with Gasteiger partial charge in [0.2, 0.25) is 0 Å². The fraction of sp³-hybridized carbons (Fsp3) is 0.333. The van der Waals surface area contributed by atoms with Gasteiger partial charge in [-0.3, -0.25) is 4.79 Å². The van der Waals surface area contributed by atoms with Crippen LogP contribution in [0.3, 0.4) is 0 Å². The fourth-order valence-corrected chi connectivity index (χ4v) is 2.57. The lowest BCUT2D eigenvalue weighted by molar-refractivity contribution is -0.182. The number of rotatable bonds is 4. The summed E-state index contributed by atoms with van der Waals surface area (Å²) in [6.07, 6.45) is -5.76. The average Bonchev–Trinajstić information content (AvgIpc) is 2.73. The van der Waals surface area contributed by atoms with Crippen molar-refractivity contribution in [3.63, 3.8) is 0 Å². The molecule has 1 atom stereocenters. The molecule has 0 spiro atoms. The lowest BCUT2D eigenvalue weighted by Gasteiger charge is -2.18. The molecule has 0 fully saturated rings. The second-order valence-electron chi connectivity index (χ2n) is 4.19. The Balaban J connectivity index is 2.22. The highest BCUT2D eigenvalue weighted by Crippen LogP contribution is 2.32. The minimum Gasteiger partial charge on any atom is -0.481 e. The number of carboxylic acid groups (broad SMARTS) is 1. The summed E-state index contributed by atoms with van der Waals surface area (Å²) in [5.74, 6) is -3.31. The van der Waals surface area contributed by atoms with Gasteiger partial charge in [-0.15, -0.1) is 11.3 Å². The van der Waals surface area contributed by atoms with Crippen molar-refractivity contribution in [2.24, 2.45) is 5.92 Å². The van der Waals surface area contributed by atoms with Gasteiger partial charge >= 0.3 is 12.1 Å². The highest BCUT2D eigenvalue weighted by atomic mass is 32.1. The van der Waals surface area contributed by atoms with Crippen molar-refractivity contribution in [2.45, 2.75) is 19.0 Å². The number of carbonyl (C=O) groups is 1. The number of hydrogen-bond donors (Lipinski definition) is 1. The number of carboxylic acids is 1. The Kier molecular flexibility index (Phi) is 3.75. The van der Waals surface area contributed by atoms with Crippen molar-refractivity contribution in [3.05, 3.63) is 29.3 Å². The van der Waals surface area contributed by atoms with Crippen LogP contribution in [0.5, 0.6) is 0 Å². The zero-order chi connectivity index (χ0) is 14.0. The smallest absolute Gasteiger partial charge is 0.392 e. The Bertz CT molecular complexity index is 594. The molecule has 1 unspecified atom stereocenters. The second kappa shape index (κ2) is 5.16. The minimum absolute atomic E-state index is 0.330. The van der Waals surface area contributed by atoms with E-state index in [0.29, 0.717) is 5.56 Å². The number of alkyl halides is 3. The van der Waals surface area contributed by atoms with Crippen molar-refractivity contribution in [1.29, 1.82) is 0 Å². The first-order valence-corrected chi connectivity index (χ1v) is 6.35. The lowest BCUT2D eigenvalue weighted by Crippen LogP contribution is -2.27. The predicted molar refractivity (Wildman–Crippen MR) is 65.1 cm³/mol. The van der Waals surface area contributed by atoms with Crippen LogP contribution in [0, 0.1) is 5.92 Å². The molecule has 0 aliphatic heterocycles. The molecule has 1 heterocycles. The summed E-state index contributed by atoms with van der Waals surface area (Å²) in [6.45, 7) is 0.